The van der Waals surface area contributed by atoms with Crippen LogP contribution >= 0.6 is 0 Å². The van der Waals surface area contributed by atoms with E-state index in [1.54, 1.807) is 12.1 Å². The summed E-state index contributed by atoms with van der Waals surface area (Å²) < 4.78 is 7.40. The minimum atomic E-state index is -1.48. The predicted molar refractivity (Wildman–Crippen MR) is 137 cm³/mol. The molecule has 0 spiro atoms. The molecule has 3 atom stereocenters. The van der Waals surface area contributed by atoms with Crippen LogP contribution in [-0.2, 0) is 22.6 Å². The fourth-order valence-corrected chi connectivity index (χ4v) is 6.10. The average Bonchev–Trinajstić information content (AvgIpc) is 2.87. The number of nitrogens with one attached hydrogen (secondary N) is 1. The van der Waals surface area contributed by atoms with Gasteiger partial charge in [0.2, 0.25) is 11.8 Å². The number of piperidine rings is 1. The molecule has 9 heteroatoms. The van der Waals surface area contributed by atoms with E-state index in [9.17, 15) is 19.2 Å². The van der Waals surface area contributed by atoms with Crippen LogP contribution in [0, 0.1) is 11.3 Å². The van der Waals surface area contributed by atoms with Crippen molar-refractivity contribution in [3.8, 4) is 5.75 Å². The molecule has 0 aliphatic carbocycles. The normalized spacial score (nSPS) is 25.4. The summed E-state index contributed by atoms with van der Waals surface area (Å²) in [6.45, 7) is 8.22. The Balaban J connectivity index is 1.47. The number of fused-ring (bicyclic) bond motifs is 4. The highest BCUT2D eigenvalue weighted by Gasteiger charge is 2.55. The van der Waals surface area contributed by atoms with Crippen molar-refractivity contribution < 1.29 is 19.1 Å². The van der Waals surface area contributed by atoms with Gasteiger partial charge in [-0.15, -0.1) is 6.58 Å². The van der Waals surface area contributed by atoms with Crippen LogP contribution in [-0.4, -0.2) is 65.0 Å². The van der Waals surface area contributed by atoms with Crippen molar-refractivity contribution in [1.82, 2.24) is 19.7 Å². The number of hydrogen-bond acceptors (Lipinski definition) is 6. The number of likely N-dealkylation sites (tertiary alicyclic amines) is 1. The topological polar surface area (TPSA) is 101 Å². The minimum absolute atomic E-state index is 0.00744. The highest BCUT2D eigenvalue weighted by atomic mass is 16.5. The van der Waals surface area contributed by atoms with Crippen LogP contribution in [0.25, 0.3) is 0 Å². The van der Waals surface area contributed by atoms with E-state index in [0.29, 0.717) is 32.0 Å². The van der Waals surface area contributed by atoms with Gasteiger partial charge in [-0.05, 0) is 49.4 Å². The quantitative estimate of drug-likeness (QED) is 0.437. The maximum Gasteiger partial charge on any atom is 0.331 e. The monoisotopic (exact) mass is 504 g/mol. The number of nitrogens with zero attached hydrogens (tertiary/aromatic N) is 3. The molecule has 0 radical (unpaired) electrons. The van der Waals surface area contributed by atoms with Crippen molar-refractivity contribution in [3.05, 3.63) is 76.7 Å². The average molecular weight is 505 g/mol. The number of hydrogen-bond donors (Lipinski definition) is 1. The first kappa shape index (κ1) is 25.0. The van der Waals surface area contributed by atoms with Gasteiger partial charge in [-0.25, -0.2) is 4.79 Å². The molecule has 0 unspecified atom stereocenters. The van der Waals surface area contributed by atoms with Crippen molar-refractivity contribution in [2.75, 3.05) is 32.8 Å². The van der Waals surface area contributed by atoms with Crippen LogP contribution in [0.1, 0.15) is 30.5 Å². The fourth-order valence-electron chi connectivity index (χ4n) is 6.10. The highest BCUT2D eigenvalue weighted by Crippen LogP contribution is 2.38. The molecule has 2 bridgehead atoms. The summed E-state index contributed by atoms with van der Waals surface area (Å²) in [7, 11) is 0. The number of aromatic nitrogens is 1. The number of amides is 4. The summed E-state index contributed by atoms with van der Waals surface area (Å²) >= 11 is 0. The van der Waals surface area contributed by atoms with Crippen LogP contribution in [0.5, 0.6) is 5.75 Å². The van der Waals surface area contributed by atoms with Crippen LogP contribution < -0.4 is 15.6 Å². The molecule has 2 aromatic rings. The molecule has 9 nitrogen and oxygen atoms in total. The number of carbonyl (C=O) groups excluding carboxylic acids is 3. The molecule has 1 aromatic heterocycles. The Labute approximate surface area is 215 Å². The summed E-state index contributed by atoms with van der Waals surface area (Å²) in [4.78, 5) is 55.6. The zero-order chi connectivity index (χ0) is 26.2. The number of carbonyl (C=O) groups is 3. The van der Waals surface area contributed by atoms with Gasteiger partial charge < -0.3 is 14.2 Å². The largest absolute Gasteiger partial charge is 0.494 e. The molecule has 37 heavy (non-hydrogen) atoms. The third-order valence-corrected chi connectivity index (χ3v) is 7.66. The Hall–Kier alpha value is -3.72. The molecule has 2 saturated heterocycles. The van der Waals surface area contributed by atoms with E-state index < -0.39 is 23.3 Å². The first-order valence-corrected chi connectivity index (χ1v) is 12.8. The van der Waals surface area contributed by atoms with Crippen molar-refractivity contribution in [2.24, 2.45) is 11.3 Å². The van der Waals surface area contributed by atoms with E-state index in [4.69, 9.17) is 4.74 Å². The molecular formula is C28H32N4O5. The molecule has 3 aliphatic heterocycles. The van der Waals surface area contributed by atoms with Crippen LogP contribution in [0.3, 0.4) is 0 Å². The molecular weight excluding hydrogens is 472 g/mol. The number of rotatable bonds is 8. The van der Waals surface area contributed by atoms with Crippen LogP contribution in [0.2, 0.25) is 0 Å². The summed E-state index contributed by atoms with van der Waals surface area (Å²) in [5.41, 5.74) is 0.324. The lowest BCUT2D eigenvalue weighted by molar-refractivity contribution is -0.153. The molecule has 4 amide bonds. The smallest absolute Gasteiger partial charge is 0.331 e. The van der Waals surface area contributed by atoms with E-state index in [1.165, 1.54) is 6.08 Å². The maximum absolute atomic E-state index is 13.9. The second kappa shape index (κ2) is 9.97. The van der Waals surface area contributed by atoms with Gasteiger partial charge in [-0.2, -0.15) is 0 Å². The lowest BCUT2D eigenvalue weighted by Gasteiger charge is -2.47. The Morgan fingerprint density at radius 3 is 2.59 bits per heavy atom. The van der Waals surface area contributed by atoms with Gasteiger partial charge in [0.1, 0.15) is 11.2 Å². The zero-order valence-electron chi connectivity index (χ0n) is 21.0. The second-order valence-electron chi connectivity index (χ2n) is 10.2. The minimum Gasteiger partial charge on any atom is -0.494 e. The van der Waals surface area contributed by atoms with Crippen molar-refractivity contribution in [3.63, 3.8) is 0 Å². The van der Waals surface area contributed by atoms with Gasteiger partial charge >= 0.3 is 6.03 Å². The summed E-state index contributed by atoms with van der Waals surface area (Å²) in [5.74, 6) is -0.00878. The van der Waals surface area contributed by atoms with Gasteiger partial charge in [0, 0.05) is 50.4 Å². The summed E-state index contributed by atoms with van der Waals surface area (Å²) in [6, 6.07) is 12.0. The first-order chi connectivity index (χ1) is 17.8. The molecule has 3 aliphatic rings. The third-order valence-electron chi connectivity index (χ3n) is 7.66. The SMILES string of the molecule is C=CCN1C(=O)NC(=O)[C@](Cc2ccc(OCC)cc2)(CN2C[C@H]3C[C@H](C2)c2cccc(=O)n2C3)C1=O. The van der Waals surface area contributed by atoms with E-state index in [-0.39, 0.29) is 36.9 Å². The number of barbiturate groups is 1. The van der Waals surface area contributed by atoms with Gasteiger partial charge in [-0.1, -0.05) is 24.3 Å². The third kappa shape index (κ3) is 4.59. The first-order valence-electron chi connectivity index (χ1n) is 12.8. The molecule has 0 saturated carbocycles. The summed E-state index contributed by atoms with van der Waals surface area (Å²) in [5, 5.41) is 2.43. The zero-order valence-corrected chi connectivity index (χ0v) is 21.0. The van der Waals surface area contributed by atoms with Crippen molar-refractivity contribution in [2.45, 2.75) is 32.2 Å². The van der Waals surface area contributed by atoms with Crippen molar-refractivity contribution >= 4 is 17.8 Å². The predicted octanol–water partition coefficient (Wildman–Crippen LogP) is 2.16. The standard InChI is InChI=1S/C28H32N4O5/c1-3-12-31-26(35)28(25(34)29-27(31)36,14-19-8-10-22(11-9-19)37-4-2)18-30-15-20-13-21(17-30)23-6-5-7-24(33)32(23)16-20/h3,5-11,20-21H,1,4,12-18H2,2H3,(H,29,34,36)/t20-,21-,28+/m1/s1. The Kier molecular flexibility index (Phi) is 6.72. The van der Waals surface area contributed by atoms with Crippen LogP contribution in [0.15, 0.2) is 59.9 Å². The summed E-state index contributed by atoms with van der Waals surface area (Å²) in [6.07, 6.45) is 2.59. The highest BCUT2D eigenvalue weighted by molar-refractivity contribution is 6.19. The Morgan fingerprint density at radius 2 is 1.86 bits per heavy atom. The Morgan fingerprint density at radius 1 is 1.08 bits per heavy atom. The fraction of sp³-hybridized carbons (Fsp3) is 0.429. The maximum atomic E-state index is 13.9. The van der Waals surface area contributed by atoms with E-state index in [2.05, 4.69) is 16.8 Å². The second-order valence-corrected chi connectivity index (χ2v) is 10.2. The lowest BCUT2D eigenvalue weighted by Crippen LogP contribution is -2.68. The Bertz CT molecular complexity index is 1290. The number of benzene rings is 1. The van der Waals surface area contributed by atoms with E-state index >= 15 is 0 Å². The lowest BCUT2D eigenvalue weighted by atomic mass is 9.75. The van der Waals surface area contributed by atoms with E-state index in [1.807, 2.05) is 41.8 Å². The number of pyridine rings is 1. The number of imide groups is 2. The van der Waals surface area contributed by atoms with Gasteiger partial charge in [-0.3, -0.25) is 24.6 Å². The molecule has 5 rings (SSSR count). The van der Waals surface area contributed by atoms with Gasteiger partial charge in [0.25, 0.3) is 5.56 Å². The van der Waals surface area contributed by atoms with E-state index in [0.717, 1.165) is 22.6 Å². The van der Waals surface area contributed by atoms with Crippen molar-refractivity contribution in [1.29, 1.82) is 0 Å². The van der Waals surface area contributed by atoms with Crippen LogP contribution in [0.4, 0.5) is 4.79 Å². The molecule has 2 fully saturated rings. The molecule has 194 valence electrons. The van der Waals surface area contributed by atoms with Gasteiger partial charge in [0.05, 0.1) is 6.61 Å². The molecule has 4 heterocycles. The number of urea groups is 1. The van der Waals surface area contributed by atoms with Gasteiger partial charge in [0.15, 0.2) is 0 Å². The number of ether oxygens (including phenoxy) is 1. The molecule has 1 N–H and O–H groups in total. The molecule has 1 aromatic carbocycles.